The van der Waals surface area contributed by atoms with Gasteiger partial charge in [0.25, 0.3) is 0 Å². The van der Waals surface area contributed by atoms with Gasteiger partial charge in [-0.25, -0.2) is 0 Å². The molecule has 0 aliphatic carbocycles. The molecule has 300 valence electrons. The number of carbonyl (C=O) groups excluding carboxylic acids is 7. The van der Waals surface area contributed by atoms with Crippen molar-refractivity contribution in [1.82, 2.24) is 31.9 Å². The highest BCUT2D eigenvalue weighted by atomic mass is 16.4. The van der Waals surface area contributed by atoms with E-state index >= 15 is 0 Å². The molecule has 0 fully saturated rings. The van der Waals surface area contributed by atoms with Gasteiger partial charge in [0.05, 0.1) is 31.6 Å². The lowest BCUT2D eigenvalue weighted by molar-refractivity contribution is -0.143. The molecule has 1 aromatic rings. The first-order chi connectivity index (χ1) is 25.2. The van der Waals surface area contributed by atoms with Gasteiger partial charge in [-0.1, -0.05) is 30.3 Å². The van der Waals surface area contributed by atoms with Gasteiger partial charge in [-0.2, -0.15) is 0 Å². The van der Waals surface area contributed by atoms with Crippen molar-refractivity contribution >= 4 is 53.3 Å². The average molecular weight is 768 g/mol. The van der Waals surface area contributed by atoms with Gasteiger partial charge in [0, 0.05) is 6.42 Å². The van der Waals surface area contributed by atoms with E-state index in [0.717, 1.165) is 0 Å². The first-order valence-electron chi connectivity index (χ1n) is 16.5. The number of nitrogens with two attached hydrogens (primary N) is 3. The van der Waals surface area contributed by atoms with Crippen LogP contribution in [0.4, 0.5) is 0 Å². The van der Waals surface area contributed by atoms with Crippen LogP contribution in [0.15, 0.2) is 30.3 Å². The van der Waals surface area contributed by atoms with Crippen molar-refractivity contribution in [3.63, 3.8) is 0 Å². The van der Waals surface area contributed by atoms with Crippen molar-refractivity contribution in [2.24, 2.45) is 17.2 Å². The number of aliphatic hydroxyl groups is 2. The lowest BCUT2D eigenvalue weighted by Gasteiger charge is -2.27. The van der Waals surface area contributed by atoms with E-state index in [1.807, 2.05) is 16.0 Å². The number of aliphatic hydroxyl groups excluding tert-OH is 2. The summed E-state index contributed by atoms with van der Waals surface area (Å²) in [5.41, 5.74) is 15.6. The van der Waals surface area contributed by atoms with Gasteiger partial charge in [-0.05, 0) is 38.8 Å². The Labute approximate surface area is 309 Å². The Hall–Kier alpha value is -5.71. The fourth-order valence-corrected chi connectivity index (χ4v) is 4.53. The van der Waals surface area contributed by atoms with E-state index in [0.29, 0.717) is 12.0 Å². The number of benzene rings is 1. The van der Waals surface area contributed by atoms with E-state index < -0.39 is 121 Å². The van der Waals surface area contributed by atoms with Gasteiger partial charge < -0.3 is 69.5 Å². The number of hydrogen-bond donors (Lipinski definition) is 13. The van der Waals surface area contributed by atoms with E-state index in [4.69, 9.17) is 17.2 Å². The number of rotatable bonds is 24. The van der Waals surface area contributed by atoms with Crippen LogP contribution in [-0.2, 0) is 49.6 Å². The van der Waals surface area contributed by atoms with Crippen LogP contribution in [0.3, 0.4) is 0 Å². The molecule has 6 atom stereocenters. The quantitative estimate of drug-likeness (QED) is 0.0466. The van der Waals surface area contributed by atoms with Crippen molar-refractivity contribution in [2.45, 2.75) is 87.7 Å². The first-order valence-corrected chi connectivity index (χ1v) is 16.5. The predicted octanol–water partition coefficient (Wildman–Crippen LogP) is -5.97. The zero-order valence-electron chi connectivity index (χ0n) is 29.7. The van der Waals surface area contributed by atoms with Crippen molar-refractivity contribution in [2.75, 3.05) is 19.8 Å². The number of carboxylic acids is 2. The third kappa shape index (κ3) is 16.3. The summed E-state index contributed by atoms with van der Waals surface area (Å²) in [5.74, 6) is -11.0. The maximum Gasteiger partial charge on any atom is 0.305 e. The zero-order chi connectivity index (χ0) is 41.2. The fourth-order valence-electron chi connectivity index (χ4n) is 4.53. The summed E-state index contributed by atoms with van der Waals surface area (Å²) in [6.07, 6.45) is -1.99. The number of nitrogens with one attached hydrogen (secondary N) is 6. The Bertz CT molecular complexity index is 1500. The second kappa shape index (κ2) is 22.4. The highest BCUT2D eigenvalue weighted by Gasteiger charge is 2.35. The monoisotopic (exact) mass is 767 g/mol. The van der Waals surface area contributed by atoms with Crippen LogP contribution in [0.1, 0.15) is 45.1 Å². The number of aliphatic carboxylic acids is 2. The van der Waals surface area contributed by atoms with Gasteiger partial charge in [0.2, 0.25) is 41.4 Å². The summed E-state index contributed by atoms with van der Waals surface area (Å²) in [4.78, 5) is 113. The number of primary amides is 1. The van der Waals surface area contributed by atoms with Gasteiger partial charge in [0.15, 0.2) is 0 Å². The molecule has 0 aromatic heterocycles. The van der Waals surface area contributed by atoms with E-state index in [1.165, 1.54) is 13.8 Å². The SMILES string of the molecule is CC(C)(N)C(=O)NC(Cc1ccccc1)C(=O)NC(CC(=O)O)C(=O)NC(CC(=O)O)C(=O)NC(CO)C(=O)NC(CO)C(=O)NC(CCCN)C(N)=O. The molecule has 0 saturated carbocycles. The molecule has 1 aromatic carbocycles. The van der Waals surface area contributed by atoms with E-state index in [-0.39, 0.29) is 19.4 Å². The number of carbonyl (C=O) groups is 9. The second-order valence-corrected chi connectivity index (χ2v) is 12.6. The summed E-state index contributed by atoms with van der Waals surface area (Å²) < 4.78 is 0. The molecule has 0 heterocycles. The van der Waals surface area contributed by atoms with Crippen LogP contribution in [0.5, 0.6) is 0 Å². The lowest BCUT2D eigenvalue weighted by Crippen LogP contribution is -2.61. The highest BCUT2D eigenvalue weighted by Crippen LogP contribution is 2.08. The molecule has 7 amide bonds. The Morgan fingerprint density at radius 1 is 0.630 bits per heavy atom. The molecule has 22 heteroatoms. The van der Waals surface area contributed by atoms with Crippen LogP contribution in [0.2, 0.25) is 0 Å². The number of amides is 7. The standard InChI is InChI=1S/C32H49N9O13/c1-32(2,35)31(54)41-18(11-16-7-4-3-5-8-16)26(49)37-19(12-23(44)45)27(50)38-20(13-24(46)47)28(51)39-22(15-43)30(53)40-21(14-42)29(52)36-17(25(34)48)9-6-10-33/h3-5,7-8,17-22,42-43H,6,9-15,33,35H2,1-2H3,(H2,34,48)(H,36,52)(H,37,49)(H,38,50)(H,39,51)(H,40,53)(H,41,54)(H,44,45)(H,46,47). The minimum Gasteiger partial charge on any atom is -0.481 e. The van der Waals surface area contributed by atoms with Crippen LogP contribution >= 0.6 is 0 Å². The van der Waals surface area contributed by atoms with Gasteiger partial charge in [-0.3, -0.25) is 43.2 Å². The first kappa shape index (κ1) is 46.3. The van der Waals surface area contributed by atoms with Crippen molar-refractivity contribution in [3.8, 4) is 0 Å². The summed E-state index contributed by atoms with van der Waals surface area (Å²) in [7, 11) is 0. The van der Waals surface area contributed by atoms with Crippen LogP contribution in [0.25, 0.3) is 0 Å². The number of carboxylic acid groups (broad SMARTS) is 2. The van der Waals surface area contributed by atoms with Gasteiger partial charge in [0.1, 0.15) is 36.3 Å². The topological polar surface area (TPSA) is 385 Å². The maximum atomic E-state index is 13.4. The molecule has 0 aliphatic rings. The highest BCUT2D eigenvalue weighted by molar-refractivity contribution is 5.99. The Morgan fingerprint density at radius 2 is 1.02 bits per heavy atom. The van der Waals surface area contributed by atoms with Crippen molar-refractivity contribution in [3.05, 3.63) is 35.9 Å². The van der Waals surface area contributed by atoms with E-state index in [9.17, 15) is 63.6 Å². The molecule has 16 N–H and O–H groups in total. The van der Waals surface area contributed by atoms with E-state index in [2.05, 4.69) is 16.0 Å². The van der Waals surface area contributed by atoms with E-state index in [1.54, 1.807) is 30.3 Å². The Kier molecular flexibility index (Phi) is 19.2. The maximum absolute atomic E-state index is 13.4. The zero-order valence-corrected chi connectivity index (χ0v) is 29.7. The average Bonchev–Trinajstić information content (AvgIpc) is 3.09. The molecule has 54 heavy (non-hydrogen) atoms. The molecule has 0 saturated heterocycles. The molecule has 22 nitrogen and oxygen atoms in total. The molecule has 0 aliphatic heterocycles. The summed E-state index contributed by atoms with van der Waals surface area (Å²) in [6, 6.07) is -1.88. The van der Waals surface area contributed by atoms with Gasteiger partial charge in [-0.15, -0.1) is 0 Å². The second-order valence-electron chi connectivity index (χ2n) is 12.6. The third-order valence-electron chi connectivity index (χ3n) is 7.50. The molecule has 0 spiro atoms. The Balaban J connectivity index is 3.20. The van der Waals surface area contributed by atoms with Crippen molar-refractivity contribution in [1.29, 1.82) is 0 Å². The molecule has 6 unspecified atom stereocenters. The normalized spacial score (nSPS) is 14.4. The summed E-state index contributed by atoms with van der Waals surface area (Å²) in [6.45, 7) is 0.747. The minimum absolute atomic E-state index is 0.0458. The van der Waals surface area contributed by atoms with Gasteiger partial charge >= 0.3 is 11.9 Å². The Morgan fingerprint density at radius 3 is 1.39 bits per heavy atom. The largest absolute Gasteiger partial charge is 0.481 e. The smallest absolute Gasteiger partial charge is 0.305 e. The predicted molar refractivity (Wildman–Crippen MR) is 186 cm³/mol. The van der Waals surface area contributed by atoms with Crippen molar-refractivity contribution < 1.29 is 63.6 Å². The summed E-state index contributed by atoms with van der Waals surface area (Å²) in [5, 5.41) is 51.3. The molecule has 0 radical (unpaired) electrons. The van der Waals surface area contributed by atoms with Crippen LogP contribution < -0.4 is 49.1 Å². The minimum atomic E-state index is -2.03. The molecular weight excluding hydrogens is 718 g/mol. The molecule has 0 bridgehead atoms. The van der Waals surface area contributed by atoms with Crippen LogP contribution in [-0.4, -0.2) is 135 Å². The summed E-state index contributed by atoms with van der Waals surface area (Å²) >= 11 is 0. The fraction of sp³-hybridized carbons (Fsp3) is 0.531. The molecular formula is C32H49N9O13. The molecule has 1 rings (SSSR count). The lowest BCUT2D eigenvalue weighted by atomic mass is 10.0. The van der Waals surface area contributed by atoms with Crippen LogP contribution in [0, 0.1) is 0 Å². The number of hydrogen-bond acceptors (Lipinski definition) is 13. The third-order valence-corrected chi connectivity index (χ3v) is 7.50.